The van der Waals surface area contributed by atoms with Crippen LogP contribution in [0.4, 0.5) is 5.82 Å². The van der Waals surface area contributed by atoms with Gasteiger partial charge in [-0.25, -0.2) is 4.98 Å². The fraction of sp³-hybridized carbons (Fsp3) is 0.320. The van der Waals surface area contributed by atoms with Crippen molar-refractivity contribution in [3.05, 3.63) is 60.7 Å². The molecule has 5 nitrogen and oxygen atoms in total. The van der Waals surface area contributed by atoms with Crippen LogP contribution >= 0.6 is 0 Å². The summed E-state index contributed by atoms with van der Waals surface area (Å²) in [4.78, 5) is 7.33. The maximum atomic E-state index is 9.65. The molecule has 5 heteroatoms. The van der Waals surface area contributed by atoms with Crippen molar-refractivity contribution in [1.29, 1.82) is 0 Å². The predicted molar refractivity (Wildman–Crippen MR) is 122 cm³/mol. The first-order valence-electron chi connectivity index (χ1n) is 10.7. The Morgan fingerprint density at radius 3 is 2.53 bits per heavy atom. The number of rotatable bonds is 8. The SMILES string of the molecule is CCOc1ccccc1-c1cc(NCCN2CCCC2)nc(-c2ccc(O)cc2)c1. The Balaban J connectivity index is 1.66. The van der Waals surface area contributed by atoms with Gasteiger partial charge < -0.3 is 20.1 Å². The molecule has 4 rings (SSSR count). The van der Waals surface area contributed by atoms with E-state index < -0.39 is 0 Å². The lowest BCUT2D eigenvalue weighted by Gasteiger charge is -2.17. The van der Waals surface area contributed by atoms with Crippen LogP contribution in [0.15, 0.2) is 60.7 Å². The molecule has 0 aliphatic carbocycles. The molecule has 0 saturated carbocycles. The van der Waals surface area contributed by atoms with Crippen LogP contribution in [0, 0.1) is 0 Å². The molecule has 30 heavy (non-hydrogen) atoms. The second kappa shape index (κ2) is 9.63. The van der Waals surface area contributed by atoms with Crippen LogP contribution in [-0.4, -0.2) is 47.8 Å². The molecule has 1 aliphatic rings. The minimum Gasteiger partial charge on any atom is -0.508 e. The number of pyridine rings is 1. The molecule has 1 fully saturated rings. The third-order valence-electron chi connectivity index (χ3n) is 5.42. The molecule has 0 amide bonds. The predicted octanol–water partition coefficient (Wildman–Crippen LogP) is 5.03. The van der Waals surface area contributed by atoms with Crippen molar-refractivity contribution in [3.63, 3.8) is 0 Å². The number of benzene rings is 2. The lowest BCUT2D eigenvalue weighted by molar-refractivity contribution is 0.341. The summed E-state index contributed by atoms with van der Waals surface area (Å²) in [5.41, 5.74) is 3.93. The van der Waals surface area contributed by atoms with Gasteiger partial charge in [0.2, 0.25) is 0 Å². The number of likely N-dealkylation sites (tertiary alicyclic amines) is 1. The van der Waals surface area contributed by atoms with Crippen LogP contribution in [-0.2, 0) is 0 Å². The Hall–Kier alpha value is -3.05. The zero-order valence-electron chi connectivity index (χ0n) is 17.5. The van der Waals surface area contributed by atoms with Gasteiger partial charge in [-0.3, -0.25) is 0 Å². The van der Waals surface area contributed by atoms with Gasteiger partial charge in [0.05, 0.1) is 12.3 Å². The van der Waals surface area contributed by atoms with Crippen LogP contribution < -0.4 is 10.1 Å². The molecule has 2 aromatic carbocycles. The standard InChI is InChI=1S/C25H29N3O2/c1-2-30-24-8-4-3-7-22(24)20-17-23(19-9-11-21(29)12-10-19)27-25(18-20)26-13-16-28-14-5-6-15-28/h3-4,7-12,17-18,29H,2,5-6,13-16H2,1H3,(H,26,27). The highest BCUT2D eigenvalue weighted by Gasteiger charge is 2.13. The molecule has 0 unspecified atom stereocenters. The first-order chi connectivity index (χ1) is 14.7. The highest BCUT2D eigenvalue weighted by atomic mass is 16.5. The third kappa shape index (κ3) is 4.92. The summed E-state index contributed by atoms with van der Waals surface area (Å²) in [5, 5.41) is 13.2. The Morgan fingerprint density at radius 1 is 1.00 bits per heavy atom. The lowest BCUT2D eigenvalue weighted by atomic mass is 10.0. The lowest BCUT2D eigenvalue weighted by Crippen LogP contribution is -2.26. The van der Waals surface area contributed by atoms with E-state index in [1.54, 1.807) is 12.1 Å². The van der Waals surface area contributed by atoms with Crippen molar-refractivity contribution in [2.75, 3.05) is 38.1 Å². The summed E-state index contributed by atoms with van der Waals surface area (Å²) in [5.74, 6) is 1.97. The Labute approximate surface area is 178 Å². The van der Waals surface area contributed by atoms with Gasteiger partial charge in [0.15, 0.2) is 0 Å². The van der Waals surface area contributed by atoms with Gasteiger partial charge in [-0.15, -0.1) is 0 Å². The molecule has 0 bridgehead atoms. The number of anilines is 1. The molecule has 0 atom stereocenters. The van der Waals surface area contributed by atoms with Crippen LogP contribution in [0.3, 0.4) is 0 Å². The Morgan fingerprint density at radius 2 is 1.77 bits per heavy atom. The van der Waals surface area contributed by atoms with Gasteiger partial charge in [-0.05, 0) is 80.9 Å². The average Bonchev–Trinajstić information content (AvgIpc) is 3.28. The van der Waals surface area contributed by atoms with Gasteiger partial charge in [-0.2, -0.15) is 0 Å². The zero-order chi connectivity index (χ0) is 20.8. The van der Waals surface area contributed by atoms with Gasteiger partial charge in [0.25, 0.3) is 0 Å². The van der Waals surface area contributed by atoms with E-state index in [-0.39, 0.29) is 5.75 Å². The van der Waals surface area contributed by atoms with E-state index in [0.29, 0.717) is 6.61 Å². The van der Waals surface area contributed by atoms with Gasteiger partial charge in [0.1, 0.15) is 17.3 Å². The molecule has 1 saturated heterocycles. The molecule has 2 heterocycles. The molecule has 1 aliphatic heterocycles. The molecule has 156 valence electrons. The van der Waals surface area contributed by atoms with Crippen molar-refractivity contribution >= 4 is 5.82 Å². The number of phenols is 1. The van der Waals surface area contributed by atoms with Crippen LogP contribution in [0.5, 0.6) is 11.5 Å². The largest absolute Gasteiger partial charge is 0.508 e. The fourth-order valence-electron chi connectivity index (χ4n) is 3.89. The number of nitrogens with zero attached hydrogens (tertiary/aromatic N) is 2. The smallest absolute Gasteiger partial charge is 0.127 e. The number of ether oxygens (including phenoxy) is 1. The van der Waals surface area contributed by atoms with Crippen LogP contribution in [0.2, 0.25) is 0 Å². The molecule has 1 aromatic heterocycles. The summed E-state index contributed by atoms with van der Waals surface area (Å²) in [6.07, 6.45) is 2.60. The van der Waals surface area contributed by atoms with E-state index in [0.717, 1.165) is 47.0 Å². The third-order valence-corrected chi connectivity index (χ3v) is 5.42. The normalized spacial score (nSPS) is 14.0. The number of aromatic nitrogens is 1. The highest BCUT2D eigenvalue weighted by Crippen LogP contribution is 2.34. The summed E-state index contributed by atoms with van der Waals surface area (Å²) in [6.45, 7) is 6.88. The molecule has 0 radical (unpaired) electrons. The topological polar surface area (TPSA) is 57.6 Å². The molecular formula is C25H29N3O2. The number of nitrogens with one attached hydrogen (secondary N) is 1. The molecule has 3 aromatic rings. The van der Waals surface area contributed by atoms with E-state index in [2.05, 4.69) is 28.4 Å². The summed E-state index contributed by atoms with van der Waals surface area (Å²) in [7, 11) is 0. The number of phenolic OH excluding ortho intramolecular Hbond substituents is 1. The maximum Gasteiger partial charge on any atom is 0.127 e. The number of aromatic hydroxyl groups is 1. The van der Waals surface area contributed by atoms with E-state index in [9.17, 15) is 5.11 Å². The second-order valence-corrected chi connectivity index (χ2v) is 7.58. The number of hydrogen-bond donors (Lipinski definition) is 2. The number of para-hydroxylation sites is 1. The highest BCUT2D eigenvalue weighted by molar-refractivity contribution is 5.77. The molecular weight excluding hydrogens is 374 g/mol. The maximum absolute atomic E-state index is 9.65. The van der Waals surface area contributed by atoms with Crippen molar-refractivity contribution in [1.82, 2.24) is 9.88 Å². The average molecular weight is 404 g/mol. The van der Waals surface area contributed by atoms with E-state index >= 15 is 0 Å². The molecule has 2 N–H and O–H groups in total. The minimum atomic E-state index is 0.251. The van der Waals surface area contributed by atoms with Crippen molar-refractivity contribution in [2.24, 2.45) is 0 Å². The van der Waals surface area contributed by atoms with Crippen molar-refractivity contribution in [2.45, 2.75) is 19.8 Å². The van der Waals surface area contributed by atoms with Crippen LogP contribution in [0.25, 0.3) is 22.4 Å². The van der Waals surface area contributed by atoms with Gasteiger partial charge in [0, 0.05) is 24.2 Å². The summed E-state index contributed by atoms with van der Waals surface area (Å²) < 4.78 is 5.86. The first kappa shape index (κ1) is 20.2. The summed E-state index contributed by atoms with van der Waals surface area (Å²) >= 11 is 0. The van der Waals surface area contributed by atoms with Crippen molar-refractivity contribution < 1.29 is 9.84 Å². The van der Waals surface area contributed by atoms with E-state index in [1.165, 1.54) is 25.9 Å². The van der Waals surface area contributed by atoms with Gasteiger partial charge in [-0.1, -0.05) is 18.2 Å². The monoisotopic (exact) mass is 403 g/mol. The van der Waals surface area contributed by atoms with E-state index in [4.69, 9.17) is 9.72 Å². The fourth-order valence-corrected chi connectivity index (χ4v) is 3.89. The van der Waals surface area contributed by atoms with Crippen LogP contribution in [0.1, 0.15) is 19.8 Å². The first-order valence-corrected chi connectivity index (χ1v) is 10.7. The quantitative estimate of drug-likeness (QED) is 0.553. The van der Waals surface area contributed by atoms with Crippen molar-refractivity contribution in [3.8, 4) is 33.9 Å². The summed E-state index contributed by atoms with van der Waals surface area (Å²) in [6, 6.07) is 19.4. The second-order valence-electron chi connectivity index (χ2n) is 7.58. The number of hydrogen-bond acceptors (Lipinski definition) is 5. The Bertz CT molecular complexity index is 966. The van der Waals surface area contributed by atoms with E-state index in [1.807, 2.05) is 37.3 Å². The molecule has 0 spiro atoms. The minimum absolute atomic E-state index is 0.251. The Kier molecular flexibility index (Phi) is 6.50. The zero-order valence-corrected chi connectivity index (χ0v) is 17.5. The van der Waals surface area contributed by atoms with Gasteiger partial charge >= 0.3 is 0 Å².